The smallest absolute Gasteiger partial charge is 0.224 e. The van der Waals surface area contributed by atoms with E-state index in [-0.39, 0.29) is 5.91 Å². The van der Waals surface area contributed by atoms with E-state index in [1.165, 1.54) is 25.7 Å². The average molecular weight is 357 g/mol. The number of methoxy groups -OCH3 is 1. The Balaban J connectivity index is 1.57. The summed E-state index contributed by atoms with van der Waals surface area (Å²) in [5, 5.41) is 4.25. The Bertz CT molecular complexity index is 755. The number of hydrogen-bond acceptors (Lipinski definition) is 2. The van der Waals surface area contributed by atoms with E-state index in [0.29, 0.717) is 12.3 Å². The highest BCUT2D eigenvalue weighted by Gasteiger charge is 2.23. The first-order valence-corrected chi connectivity index (χ1v) is 9.89. The molecule has 1 aromatic heterocycles. The molecule has 4 heteroatoms. The highest BCUT2D eigenvalue weighted by molar-refractivity contribution is 5.91. The number of nitrogens with one attached hydrogen (secondary N) is 2. The molecule has 2 aromatic rings. The van der Waals surface area contributed by atoms with Gasteiger partial charge in [0.05, 0.1) is 13.5 Å². The summed E-state index contributed by atoms with van der Waals surface area (Å²) in [6.07, 6.45) is 5.51. The number of aromatic nitrogens is 1. The Morgan fingerprint density at radius 3 is 2.65 bits per heavy atom. The van der Waals surface area contributed by atoms with Crippen LogP contribution in [0.3, 0.4) is 0 Å². The molecule has 1 heterocycles. The quantitative estimate of drug-likeness (QED) is 0.794. The van der Waals surface area contributed by atoms with Gasteiger partial charge in [-0.15, -0.1) is 0 Å². The van der Waals surface area contributed by atoms with Crippen molar-refractivity contribution >= 4 is 16.8 Å². The lowest BCUT2D eigenvalue weighted by Gasteiger charge is -2.30. The summed E-state index contributed by atoms with van der Waals surface area (Å²) in [6.45, 7) is 7.49. The van der Waals surface area contributed by atoms with Gasteiger partial charge in [-0.1, -0.05) is 13.8 Å². The lowest BCUT2D eigenvalue weighted by Crippen LogP contribution is -2.32. The molecule has 4 nitrogen and oxygen atoms in total. The van der Waals surface area contributed by atoms with E-state index >= 15 is 0 Å². The summed E-state index contributed by atoms with van der Waals surface area (Å²) in [6, 6.07) is 5.96. The third kappa shape index (κ3) is 4.22. The van der Waals surface area contributed by atoms with Crippen molar-refractivity contribution in [2.45, 2.75) is 52.9 Å². The molecule has 0 bridgehead atoms. The van der Waals surface area contributed by atoms with Crippen LogP contribution >= 0.6 is 0 Å². The van der Waals surface area contributed by atoms with Gasteiger partial charge in [-0.05, 0) is 74.1 Å². The minimum atomic E-state index is 0.114. The monoisotopic (exact) mass is 356 g/mol. The first-order valence-electron chi connectivity index (χ1n) is 9.89. The van der Waals surface area contributed by atoms with E-state index in [2.05, 4.69) is 24.1 Å². The normalized spacial score (nSPS) is 20.5. The number of amides is 1. The van der Waals surface area contributed by atoms with Crippen LogP contribution in [0.5, 0.6) is 5.75 Å². The Morgan fingerprint density at radius 2 is 2.00 bits per heavy atom. The van der Waals surface area contributed by atoms with E-state index in [1.54, 1.807) is 7.11 Å². The molecule has 1 aromatic carbocycles. The fourth-order valence-electron chi connectivity index (χ4n) is 4.26. The second-order valence-corrected chi connectivity index (χ2v) is 8.15. The summed E-state index contributed by atoms with van der Waals surface area (Å²) < 4.78 is 5.33. The number of hydrogen-bond donors (Lipinski definition) is 2. The van der Waals surface area contributed by atoms with Gasteiger partial charge in [-0.3, -0.25) is 4.79 Å². The molecule has 1 fully saturated rings. The number of ether oxygens (including phenoxy) is 1. The van der Waals surface area contributed by atoms with Crippen LogP contribution in [0.2, 0.25) is 0 Å². The topological polar surface area (TPSA) is 54.1 Å². The summed E-state index contributed by atoms with van der Waals surface area (Å²) in [7, 11) is 1.67. The Hall–Kier alpha value is -1.97. The van der Waals surface area contributed by atoms with E-state index in [9.17, 15) is 4.79 Å². The number of H-pyrrole nitrogens is 1. The second kappa shape index (κ2) is 8.15. The van der Waals surface area contributed by atoms with Gasteiger partial charge in [0.15, 0.2) is 0 Å². The summed E-state index contributed by atoms with van der Waals surface area (Å²) >= 11 is 0. The Kier molecular flexibility index (Phi) is 5.90. The van der Waals surface area contributed by atoms with Gasteiger partial charge in [0.1, 0.15) is 5.75 Å². The third-order valence-electron chi connectivity index (χ3n) is 6.09. The lowest BCUT2D eigenvalue weighted by atomic mass is 9.77. The molecular weight excluding hydrogens is 324 g/mol. The third-order valence-corrected chi connectivity index (χ3v) is 6.09. The first kappa shape index (κ1) is 18.8. The minimum absolute atomic E-state index is 0.114. The molecule has 1 aliphatic carbocycles. The maximum atomic E-state index is 12.5. The number of benzene rings is 1. The molecule has 0 spiro atoms. The van der Waals surface area contributed by atoms with E-state index in [4.69, 9.17) is 4.74 Å². The molecule has 3 rings (SSSR count). The van der Waals surface area contributed by atoms with Crippen molar-refractivity contribution in [3.8, 4) is 5.75 Å². The van der Waals surface area contributed by atoms with Crippen molar-refractivity contribution in [3.63, 3.8) is 0 Å². The zero-order chi connectivity index (χ0) is 18.7. The van der Waals surface area contributed by atoms with Crippen LogP contribution in [0.1, 0.15) is 50.8 Å². The maximum Gasteiger partial charge on any atom is 0.224 e. The van der Waals surface area contributed by atoms with Gasteiger partial charge >= 0.3 is 0 Å². The van der Waals surface area contributed by atoms with Gasteiger partial charge < -0.3 is 15.0 Å². The predicted octanol–water partition coefficient (Wildman–Crippen LogP) is 4.61. The number of carbonyl (C=O) groups excluding carboxylic acids is 1. The van der Waals surface area contributed by atoms with Crippen LogP contribution in [-0.2, 0) is 11.2 Å². The molecule has 26 heavy (non-hydrogen) atoms. The molecule has 1 aliphatic rings. The van der Waals surface area contributed by atoms with Gasteiger partial charge in [0.25, 0.3) is 0 Å². The largest absolute Gasteiger partial charge is 0.497 e. The fraction of sp³-hybridized carbons (Fsp3) is 0.591. The molecule has 0 aliphatic heterocycles. The summed E-state index contributed by atoms with van der Waals surface area (Å²) in [5.74, 6) is 3.22. The zero-order valence-electron chi connectivity index (χ0n) is 16.5. The van der Waals surface area contributed by atoms with Crippen LogP contribution < -0.4 is 10.1 Å². The molecule has 2 N–H and O–H groups in total. The SMILES string of the molecule is COc1ccc2[nH]c(C)c(CC(=O)NCC3CCC(C(C)C)CC3)c2c1. The minimum Gasteiger partial charge on any atom is -0.497 e. The van der Waals surface area contributed by atoms with E-state index in [1.807, 2.05) is 25.1 Å². The zero-order valence-corrected chi connectivity index (χ0v) is 16.5. The first-order chi connectivity index (χ1) is 12.5. The van der Waals surface area contributed by atoms with Crippen LogP contribution in [-0.4, -0.2) is 24.5 Å². The van der Waals surface area contributed by atoms with Gasteiger partial charge in [0.2, 0.25) is 5.91 Å². The summed E-state index contributed by atoms with van der Waals surface area (Å²) in [5.41, 5.74) is 3.18. The number of aryl methyl sites for hydroxylation is 1. The highest BCUT2D eigenvalue weighted by Crippen LogP contribution is 2.33. The van der Waals surface area contributed by atoms with E-state index < -0.39 is 0 Å². The molecule has 1 saturated carbocycles. The molecular formula is C22H32N2O2. The molecule has 0 unspecified atom stereocenters. The highest BCUT2D eigenvalue weighted by atomic mass is 16.5. The van der Waals surface area contributed by atoms with Crippen molar-refractivity contribution in [1.29, 1.82) is 0 Å². The van der Waals surface area contributed by atoms with Crippen LogP contribution in [0.25, 0.3) is 10.9 Å². The van der Waals surface area contributed by atoms with Gasteiger partial charge in [0, 0.05) is 23.1 Å². The van der Waals surface area contributed by atoms with Crippen LogP contribution in [0, 0.1) is 24.7 Å². The lowest BCUT2D eigenvalue weighted by molar-refractivity contribution is -0.120. The second-order valence-electron chi connectivity index (χ2n) is 8.15. The van der Waals surface area contributed by atoms with Crippen LogP contribution in [0.4, 0.5) is 0 Å². The molecule has 0 radical (unpaired) electrons. The number of rotatable bonds is 6. The standard InChI is InChI=1S/C22H32N2O2/c1-14(2)17-7-5-16(6-8-17)13-23-22(25)12-19-15(3)24-21-10-9-18(26-4)11-20(19)21/h9-11,14,16-17,24H,5-8,12-13H2,1-4H3,(H,23,25). The number of aromatic amines is 1. The predicted molar refractivity (Wildman–Crippen MR) is 107 cm³/mol. The van der Waals surface area contributed by atoms with Gasteiger partial charge in [-0.2, -0.15) is 0 Å². The van der Waals surface area contributed by atoms with Crippen molar-refractivity contribution in [2.75, 3.05) is 13.7 Å². The molecule has 0 atom stereocenters. The molecule has 1 amide bonds. The van der Waals surface area contributed by atoms with E-state index in [0.717, 1.165) is 46.3 Å². The number of carbonyl (C=O) groups is 1. The van der Waals surface area contributed by atoms with Gasteiger partial charge in [-0.25, -0.2) is 0 Å². The van der Waals surface area contributed by atoms with Crippen molar-refractivity contribution in [3.05, 3.63) is 29.5 Å². The van der Waals surface area contributed by atoms with Crippen LogP contribution in [0.15, 0.2) is 18.2 Å². The van der Waals surface area contributed by atoms with Crippen molar-refractivity contribution < 1.29 is 9.53 Å². The molecule has 142 valence electrons. The Labute approximate surface area is 156 Å². The fourth-order valence-corrected chi connectivity index (χ4v) is 4.26. The average Bonchev–Trinajstić information content (AvgIpc) is 2.95. The Morgan fingerprint density at radius 1 is 1.27 bits per heavy atom. The van der Waals surface area contributed by atoms with Crippen molar-refractivity contribution in [2.24, 2.45) is 17.8 Å². The van der Waals surface area contributed by atoms with Crippen molar-refractivity contribution in [1.82, 2.24) is 10.3 Å². The maximum absolute atomic E-state index is 12.5. The molecule has 0 saturated heterocycles. The number of fused-ring (bicyclic) bond motifs is 1. The summed E-state index contributed by atoms with van der Waals surface area (Å²) in [4.78, 5) is 15.9.